The minimum atomic E-state index is -0.375. The lowest BCUT2D eigenvalue weighted by atomic mass is 10.1. The number of halogens is 1. The Morgan fingerprint density at radius 3 is 2.53 bits per heavy atom. The Bertz CT molecular complexity index is 684. The zero-order valence-electron chi connectivity index (χ0n) is 18.0. The molecule has 1 aromatic rings. The van der Waals surface area contributed by atoms with Gasteiger partial charge in [-0.1, -0.05) is 26.0 Å². The Kier molecular flexibility index (Phi) is 10.3. The van der Waals surface area contributed by atoms with Crippen molar-refractivity contribution >= 4 is 35.6 Å². The smallest absolute Gasteiger partial charge is 0.269 e. The molecule has 9 heteroatoms. The molecule has 1 atom stereocenters. The second kappa shape index (κ2) is 12.4. The van der Waals surface area contributed by atoms with E-state index in [0.717, 1.165) is 70.4 Å². The van der Waals surface area contributed by atoms with Crippen LogP contribution < -0.4 is 5.32 Å². The van der Waals surface area contributed by atoms with E-state index in [1.807, 2.05) is 0 Å². The van der Waals surface area contributed by atoms with Gasteiger partial charge in [0.05, 0.1) is 18.1 Å². The van der Waals surface area contributed by atoms with Crippen LogP contribution in [0.4, 0.5) is 5.69 Å². The Morgan fingerprint density at radius 1 is 1.27 bits per heavy atom. The summed E-state index contributed by atoms with van der Waals surface area (Å²) in [5, 5.41) is 14.4. The number of rotatable bonds is 7. The maximum absolute atomic E-state index is 10.8. The molecular formula is C21H34IN5O3. The number of hydrogen-bond acceptors (Lipinski definition) is 5. The maximum atomic E-state index is 10.8. The lowest BCUT2D eigenvalue weighted by molar-refractivity contribution is -0.384. The van der Waals surface area contributed by atoms with Crippen LogP contribution in [0.2, 0.25) is 0 Å². The molecule has 2 saturated heterocycles. The van der Waals surface area contributed by atoms with Gasteiger partial charge in [-0.05, 0) is 17.9 Å². The summed E-state index contributed by atoms with van der Waals surface area (Å²) in [7, 11) is 0. The van der Waals surface area contributed by atoms with Crippen molar-refractivity contribution in [3.05, 3.63) is 39.9 Å². The molecule has 8 nitrogen and oxygen atoms in total. The summed E-state index contributed by atoms with van der Waals surface area (Å²) < 4.78 is 5.49. The first kappa shape index (κ1) is 24.8. The lowest BCUT2D eigenvalue weighted by Crippen LogP contribution is -2.53. The van der Waals surface area contributed by atoms with Gasteiger partial charge in [-0.2, -0.15) is 0 Å². The predicted molar refractivity (Wildman–Crippen MR) is 129 cm³/mol. The van der Waals surface area contributed by atoms with E-state index < -0.39 is 0 Å². The fourth-order valence-corrected chi connectivity index (χ4v) is 3.80. The zero-order chi connectivity index (χ0) is 20.6. The van der Waals surface area contributed by atoms with Crippen LogP contribution >= 0.6 is 24.0 Å². The highest BCUT2D eigenvalue weighted by atomic mass is 127. The molecule has 0 amide bonds. The zero-order valence-corrected chi connectivity index (χ0v) is 20.3. The largest absolute Gasteiger partial charge is 0.381 e. The van der Waals surface area contributed by atoms with Crippen molar-refractivity contribution in [2.24, 2.45) is 16.8 Å². The van der Waals surface area contributed by atoms with E-state index in [1.54, 1.807) is 24.3 Å². The minimum absolute atomic E-state index is 0. The fourth-order valence-electron chi connectivity index (χ4n) is 3.80. The van der Waals surface area contributed by atoms with Crippen molar-refractivity contribution in [1.29, 1.82) is 0 Å². The monoisotopic (exact) mass is 531 g/mol. The third kappa shape index (κ3) is 7.66. The van der Waals surface area contributed by atoms with Crippen LogP contribution in [0.25, 0.3) is 0 Å². The number of nitrogens with one attached hydrogen (secondary N) is 1. The number of nitrogens with zero attached hydrogens (tertiary/aromatic N) is 4. The molecule has 0 aromatic heterocycles. The highest BCUT2D eigenvalue weighted by Crippen LogP contribution is 2.14. The van der Waals surface area contributed by atoms with Crippen molar-refractivity contribution in [1.82, 2.24) is 15.1 Å². The summed E-state index contributed by atoms with van der Waals surface area (Å²) in [4.78, 5) is 20.1. The number of non-ortho nitro benzene ring substituents is 1. The van der Waals surface area contributed by atoms with E-state index in [0.29, 0.717) is 18.4 Å². The number of hydrogen-bond donors (Lipinski definition) is 1. The van der Waals surface area contributed by atoms with Gasteiger partial charge >= 0.3 is 0 Å². The first-order chi connectivity index (χ1) is 14.0. The van der Waals surface area contributed by atoms with Gasteiger partial charge in [0.15, 0.2) is 5.96 Å². The van der Waals surface area contributed by atoms with E-state index in [2.05, 4.69) is 29.0 Å². The molecular weight excluding hydrogens is 497 g/mol. The Hall–Kier alpha value is -1.46. The summed E-state index contributed by atoms with van der Waals surface area (Å²) in [6, 6.07) is 6.65. The number of guanidine groups is 1. The van der Waals surface area contributed by atoms with Crippen LogP contribution in [0.5, 0.6) is 0 Å². The van der Waals surface area contributed by atoms with Crippen LogP contribution in [-0.2, 0) is 11.3 Å². The Labute approximate surface area is 196 Å². The number of ether oxygens (including phenoxy) is 1. The molecule has 0 aliphatic carbocycles. The first-order valence-electron chi connectivity index (χ1n) is 10.6. The molecule has 2 heterocycles. The van der Waals surface area contributed by atoms with E-state index in [9.17, 15) is 10.1 Å². The topological polar surface area (TPSA) is 83.2 Å². The van der Waals surface area contributed by atoms with Crippen LogP contribution in [0.15, 0.2) is 29.3 Å². The number of nitro groups is 1. The Balaban J connectivity index is 0.00000320. The lowest BCUT2D eigenvalue weighted by Gasteiger charge is -2.37. The van der Waals surface area contributed by atoms with Gasteiger partial charge in [-0.15, -0.1) is 24.0 Å². The normalized spacial score (nSPS) is 20.3. The maximum Gasteiger partial charge on any atom is 0.269 e. The van der Waals surface area contributed by atoms with Gasteiger partial charge in [0.2, 0.25) is 0 Å². The summed E-state index contributed by atoms with van der Waals surface area (Å²) in [6.07, 6.45) is 1.09. The molecule has 1 aromatic carbocycles. The standard InChI is InChI=1S/C21H33N5O3.HI/c1-17(2)15-24-8-10-25(11-9-24)21(23-14-19-7-12-29-16-19)22-13-18-3-5-20(6-4-18)26(27)28;/h3-6,17,19H,7-16H2,1-2H3,(H,22,23);1H. The SMILES string of the molecule is CC(C)CN1CCN(C(=NCc2ccc([N+](=O)[O-])cc2)NCC2CCOC2)CC1.I. The molecule has 0 radical (unpaired) electrons. The summed E-state index contributed by atoms with van der Waals surface area (Å²) in [5.41, 5.74) is 1.08. The third-order valence-electron chi connectivity index (χ3n) is 5.43. The van der Waals surface area contributed by atoms with Gasteiger partial charge in [0.25, 0.3) is 5.69 Å². The number of nitro benzene ring substituents is 1. The van der Waals surface area contributed by atoms with Crippen LogP contribution in [-0.4, -0.2) is 73.2 Å². The average Bonchev–Trinajstić information content (AvgIpc) is 3.22. The molecule has 1 unspecified atom stereocenters. The van der Waals surface area contributed by atoms with Gasteiger partial charge in [0, 0.05) is 63.9 Å². The molecule has 30 heavy (non-hydrogen) atoms. The predicted octanol–water partition coefficient (Wildman–Crippen LogP) is 2.97. The van der Waals surface area contributed by atoms with E-state index >= 15 is 0 Å². The van der Waals surface area contributed by atoms with Crippen LogP contribution in [0, 0.1) is 22.0 Å². The highest BCUT2D eigenvalue weighted by Gasteiger charge is 2.22. The number of benzene rings is 1. The van der Waals surface area contributed by atoms with Crippen LogP contribution in [0.1, 0.15) is 25.8 Å². The van der Waals surface area contributed by atoms with Crippen molar-refractivity contribution in [3.8, 4) is 0 Å². The van der Waals surface area contributed by atoms with Gasteiger partial charge in [-0.3, -0.25) is 15.0 Å². The second-order valence-electron chi connectivity index (χ2n) is 8.36. The van der Waals surface area contributed by atoms with E-state index in [4.69, 9.17) is 9.73 Å². The first-order valence-corrected chi connectivity index (χ1v) is 10.6. The van der Waals surface area contributed by atoms with E-state index in [1.165, 1.54) is 0 Å². The minimum Gasteiger partial charge on any atom is -0.381 e. The molecule has 3 rings (SSSR count). The van der Waals surface area contributed by atoms with Gasteiger partial charge < -0.3 is 15.0 Å². The summed E-state index contributed by atoms with van der Waals surface area (Å²) in [6.45, 7) is 12.7. The number of aliphatic imine (C=N–C) groups is 1. The summed E-state index contributed by atoms with van der Waals surface area (Å²) in [5.74, 6) is 2.14. The average molecular weight is 531 g/mol. The summed E-state index contributed by atoms with van der Waals surface area (Å²) >= 11 is 0. The van der Waals surface area contributed by atoms with Crippen molar-refractivity contribution in [3.63, 3.8) is 0 Å². The van der Waals surface area contributed by atoms with Crippen molar-refractivity contribution < 1.29 is 9.66 Å². The van der Waals surface area contributed by atoms with E-state index in [-0.39, 0.29) is 34.6 Å². The van der Waals surface area contributed by atoms with Crippen molar-refractivity contribution in [2.45, 2.75) is 26.8 Å². The molecule has 168 valence electrons. The van der Waals surface area contributed by atoms with Gasteiger partial charge in [0.1, 0.15) is 0 Å². The molecule has 0 bridgehead atoms. The quantitative estimate of drug-likeness (QED) is 0.192. The van der Waals surface area contributed by atoms with Crippen LogP contribution in [0.3, 0.4) is 0 Å². The van der Waals surface area contributed by atoms with Gasteiger partial charge in [-0.25, -0.2) is 4.99 Å². The molecule has 0 saturated carbocycles. The second-order valence-corrected chi connectivity index (χ2v) is 8.36. The number of piperazine rings is 1. The highest BCUT2D eigenvalue weighted by molar-refractivity contribution is 14.0. The third-order valence-corrected chi connectivity index (χ3v) is 5.43. The van der Waals surface area contributed by atoms with Crippen molar-refractivity contribution in [2.75, 3.05) is 52.5 Å². The molecule has 1 N–H and O–H groups in total. The molecule has 0 spiro atoms. The molecule has 2 aliphatic heterocycles. The fraction of sp³-hybridized carbons (Fsp3) is 0.667. The Morgan fingerprint density at radius 2 is 1.97 bits per heavy atom. The molecule has 2 aliphatic rings. The molecule has 2 fully saturated rings.